The number of piperidine rings is 1. The monoisotopic (exact) mass is 315 g/mol. The fourth-order valence-electron chi connectivity index (χ4n) is 2.26. The van der Waals surface area contributed by atoms with Gasteiger partial charge in [-0.15, -0.1) is 11.3 Å². The topological polar surface area (TPSA) is 29.1 Å². The number of carbonyl (C=O) groups is 1. The van der Waals surface area contributed by atoms with Crippen molar-refractivity contribution in [2.75, 3.05) is 13.1 Å². The molecular formula is C13H18BrNOS. The van der Waals surface area contributed by atoms with Crippen molar-refractivity contribution in [3.05, 3.63) is 20.8 Å². The van der Waals surface area contributed by atoms with Crippen LogP contribution in [0, 0.1) is 5.92 Å². The maximum Gasteiger partial charge on any atom is 0.138 e. The molecule has 0 radical (unpaired) electrons. The van der Waals surface area contributed by atoms with E-state index in [4.69, 9.17) is 0 Å². The van der Waals surface area contributed by atoms with Gasteiger partial charge in [0.15, 0.2) is 0 Å². The first kappa shape index (κ1) is 13.2. The van der Waals surface area contributed by atoms with Crippen molar-refractivity contribution in [3.8, 4) is 0 Å². The summed E-state index contributed by atoms with van der Waals surface area (Å²) in [6.45, 7) is 2.24. The average molecular weight is 316 g/mol. The predicted octanol–water partition coefficient (Wildman–Crippen LogP) is 3.40. The molecule has 0 aromatic carbocycles. The minimum atomic E-state index is 0.380. The molecule has 0 aliphatic carbocycles. The molecule has 2 nitrogen and oxygen atoms in total. The lowest BCUT2D eigenvalue weighted by Gasteiger charge is -2.22. The van der Waals surface area contributed by atoms with Crippen LogP contribution in [0.2, 0.25) is 0 Å². The van der Waals surface area contributed by atoms with Crippen molar-refractivity contribution in [1.29, 1.82) is 0 Å². The smallest absolute Gasteiger partial charge is 0.138 e. The number of carbonyl (C=O) groups excluding carboxylic acids is 1. The second-order valence-electron chi connectivity index (χ2n) is 4.70. The zero-order valence-corrected chi connectivity index (χ0v) is 12.3. The Balaban J connectivity index is 1.70. The Morgan fingerprint density at radius 1 is 1.59 bits per heavy atom. The molecule has 2 rings (SSSR count). The predicted molar refractivity (Wildman–Crippen MR) is 75.6 cm³/mol. The van der Waals surface area contributed by atoms with Gasteiger partial charge in [0.2, 0.25) is 0 Å². The third kappa shape index (κ3) is 4.53. The summed E-state index contributed by atoms with van der Waals surface area (Å²) < 4.78 is 1.08. The van der Waals surface area contributed by atoms with Crippen LogP contribution in [0.15, 0.2) is 15.9 Å². The fraction of sp³-hybridized carbons (Fsp3) is 0.615. The number of Topliss-reactive ketones (excluding diaryl/α,β-unsaturated/α-hetero) is 1. The Kier molecular flexibility index (Phi) is 5.19. The van der Waals surface area contributed by atoms with E-state index in [0.717, 1.165) is 30.4 Å². The Hall–Kier alpha value is -0.190. The van der Waals surface area contributed by atoms with Crippen LogP contribution in [-0.2, 0) is 11.2 Å². The third-order valence-corrected chi connectivity index (χ3v) is 4.92. The van der Waals surface area contributed by atoms with E-state index in [9.17, 15) is 4.79 Å². The van der Waals surface area contributed by atoms with E-state index < -0.39 is 0 Å². The zero-order valence-electron chi connectivity index (χ0n) is 9.88. The van der Waals surface area contributed by atoms with Crippen LogP contribution < -0.4 is 5.32 Å². The summed E-state index contributed by atoms with van der Waals surface area (Å²) in [5, 5.41) is 5.43. The maximum atomic E-state index is 11.8. The Bertz CT molecular complexity index is 371. The molecule has 1 saturated heterocycles. The molecular weight excluding hydrogens is 298 g/mol. The second-order valence-corrected chi connectivity index (χ2v) is 6.61. The van der Waals surface area contributed by atoms with Crippen molar-refractivity contribution < 1.29 is 4.79 Å². The molecule has 1 aliphatic heterocycles. The van der Waals surface area contributed by atoms with Crippen LogP contribution >= 0.6 is 27.3 Å². The van der Waals surface area contributed by atoms with E-state index in [2.05, 4.69) is 21.2 Å². The molecule has 0 amide bonds. The molecule has 4 heteroatoms. The van der Waals surface area contributed by atoms with E-state index in [1.165, 1.54) is 17.7 Å². The molecule has 2 heterocycles. The molecule has 0 saturated carbocycles. The number of hydrogen-bond donors (Lipinski definition) is 1. The molecule has 0 bridgehead atoms. The van der Waals surface area contributed by atoms with Crippen molar-refractivity contribution in [1.82, 2.24) is 5.32 Å². The number of ketones is 1. The fourth-order valence-corrected chi connectivity index (χ4v) is 3.74. The van der Waals surface area contributed by atoms with Gasteiger partial charge in [-0.2, -0.15) is 0 Å². The van der Waals surface area contributed by atoms with E-state index in [0.29, 0.717) is 18.1 Å². The second kappa shape index (κ2) is 6.66. The first-order chi connectivity index (χ1) is 8.24. The molecule has 0 spiro atoms. The van der Waals surface area contributed by atoms with Crippen molar-refractivity contribution in [3.63, 3.8) is 0 Å². The van der Waals surface area contributed by atoms with Gasteiger partial charge >= 0.3 is 0 Å². The lowest BCUT2D eigenvalue weighted by molar-refractivity contribution is -0.118. The molecule has 94 valence electrons. The van der Waals surface area contributed by atoms with Gasteiger partial charge in [0, 0.05) is 27.6 Å². The summed E-state index contributed by atoms with van der Waals surface area (Å²) in [4.78, 5) is 13.0. The van der Waals surface area contributed by atoms with E-state index in [-0.39, 0.29) is 0 Å². The molecule has 1 aliphatic rings. The number of thiophene rings is 1. The number of rotatable bonds is 5. The molecule has 1 aromatic rings. The molecule has 1 N–H and O–H groups in total. The van der Waals surface area contributed by atoms with Crippen LogP contribution in [0.1, 0.15) is 30.6 Å². The lowest BCUT2D eigenvalue weighted by atomic mass is 9.93. The molecule has 17 heavy (non-hydrogen) atoms. The van der Waals surface area contributed by atoms with Crippen LogP contribution in [0.5, 0.6) is 0 Å². The van der Waals surface area contributed by atoms with Gasteiger partial charge < -0.3 is 5.32 Å². The Morgan fingerprint density at radius 3 is 3.12 bits per heavy atom. The quantitative estimate of drug-likeness (QED) is 0.902. The first-order valence-corrected chi connectivity index (χ1v) is 7.86. The zero-order chi connectivity index (χ0) is 12.1. The minimum Gasteiger partial charge on any atom is -0.316 e. The van der Waals surface area contributed by atoms with Gasteiger partial charge in [-0.05, 0) is 60.3 Å². The summed E-state index contributed by atoms with van der Waals surface area (Å²) in [5.74, 6) is 1.09. The molecule has 1 fully saturated rings. The van der Waals surface area contributed by atoms with Crippen LogP contribution in [0.25, 0.3) is 0 Å². The van der Waals surface area contributed by atoms with Gasteiger partial charge in [-0.25, -0.2) is 0 Å². The standard InChI is InChI=1S/C13H18BrNOS/c14-11-6-13(17-9-11)7-12(16)4-3-10-2-1-5-15-8-10/h6,9-10,15H,1-5,7-8H2. The summed E-state index contributed by atoms with van der Waals surface area (Å²) >= 11 is 5.07. The number of halogens is 1. The van der Waals surface area contributed by atoms with Gasteiger partial charge in [0.05, 0.1) is 0 Å². The van der Waals surface area contributed by atoms with Gasteiger partial charge in [0.25, 0.3) is 0 Å². The van der Waals surface area contributed by atoms with Crippen LogP contribution in [0.3, 0.4) is 0 Å². The van der Waals surface area contributed by atoms with Gasteiger partial charge in [0.1, 0.15) is 5.78 Å². The third-order valence-electron chi connectivity index (χ3n) is 3.22. The molecule has 1 aromatic heterocycles. The Labute approximate surface area is 115 Å². The maximum absolute atomic E-state index is 11.8. The van der Waals surface area contributed by atoms with E-state index in [1.54, 1.807) is 11.3 Å². The van der Waals surface area contributed by atoms with Gasteiger partial charge in [-0.3, -0.25) is 4.79 Å². The SMILES string of the molecule is O=C(CCC1CCCNC1)Cc1cc(Br)cs1. The van der Waals surface area contributed by atoms with Crippen LogP contribution in [0.4, 0.5) is 0 Å². The highest BCUT2D eigenvalue weighted by Gasteiger charge is 2.14. The first-order valence-electron chi connectivity index (χ1n) is 6.19. The Morgan fingerprint density at radius 2 is 2.47 bits per heavy atom. The van der Waals surface area contributed by atoms with E-state index >= 15 is 0 Å². The summed E-state index contributed by atoms with van der Waals surface area (Å²) in [6, 6.07) is 2.05. The number of nitrogens with one attached hydrogen (secondary N) is 1. The largest absolute Gasteiger partial charge is 0.316 e. The summed E-state index contributed by atoms with van der Waals surface area (Å²) in [6.07, 6.45) is 4.94. The average Bonchev–Trinajstić information content (AvgIpc) is 2.73. The molecule has 1 unspecified atom stereocenters. The summed E-state index contributed by atoms with van der Waals surface area (Å²) in [5.41, 5.74) is 0. The highest BCUT2D eigenvalue weighted by Crippen LogP contribution is 2.22. The highest BCUT2D eigenvalue weighted by molar-refractivity contribution is 9.10. The van der Waals surface area contributed by atoms with Crippen molar-refractivity contribution in [2.45, 2.75) is 32.1 Å². The normalized spacial score (nSPS) is 20.4. The molecule has 1 atom stereocenters. The lowest BCUT2D eigenvalue weighted by Crippen LogP contribution is -2.30. The van der Waals surface area contributed by atoms with Gasteiger partial charge in [-0.1, -0.05) is 0 Å². The highest BCUT2D eigenvalue weighted by atomic mass is 79.9. The minimum absolute atomic E-state index is 0.380. The van der Waals surface area contributed by atoms with E-state index in [1.807, 2.05) is 11.4 Å². The van der Waals surface area contributed by atoms with Crippen LogP contribution in [-0.4, -0.2) is 18.9 Å². The van der Waals surface area contributed by atoms with Crippen molar-refractivity contribution in [2.24, 2.45) is 5.92 Å². The van der Waals surface area contributed by atoms with Crippen molar-refractivity contribution >= 4 is 33.0 Å². The number of hydrogen-bond acceptors (Lipinski definition) is 3. The summed E-state index contributed by atoms with van der Waals surface area (Å²) in [7, 11) is 0.